The molecule has 1 aliphatic heterocycles. The second kappa shape index (κ2) is 8.79. The molecule has 33 heavy (non-hydrogen) atoms. The van der Waals surface area contributed by atoms with Crippen molar-refractivity contribution in [3.8, 4) is 11.8 Å². The molecule has 2 heterocycles. The van der Waals surface area contributed by atoms with E-state index in [0.717, 1.165) is 11.5 Å². The second-order valence-corrected chi connectivity index (χ2v) is 8.10. The van der Waals surface area contributed by atoms with Crippen LogP contribution in [-0.2, 0) is 6.18 Å². The van der Waals surface area contributed by atoms with Crippen LogP contribution in [0.2, 0.25) is 0 Å². The van der Waals surface area contributed by atoms with Crippen LogP contribution in [0, 0.1) is 11.3 Å². The maximum Gasteiger partial charge on any atom is 0.417 e. The zero-order chi connectivity index (χ0) is 23.6. The summed E-state index contributed by atoms with van der Waals surface area (Å²) in [6, 6.07) is 13.3. The molecule has 0 unspecified atom stereocenters. The summed E-state index contributed by atoms with van der Waals surface area (Å²) < 4.78 is 50.6. The van der Waals surface area contributed by atoms with Crippen LogP contribution in [0.15, 0.2) is 57.7 Å². The number of hydrogen-bond donors (Lipinski definition) is 1. The molecule has 6 nitrogen and oxygen atoms in total. The van der Waals surface area contributed by atoms with Crippen molar-refractivity contribution in [1.82, 2.24) is 0 Å². The van der Waals surface area contributed by atoms with Crippen molar-refractivity contribution in [3.63, 3.8) is 0 Å². The van der Waals surface area contributed by atoms with Crippen LogP contribution in [0.3, 0.4) is 0 Å². The molecule has 1 aliphatic rings. The van der Waals surface area contributed by atoms with Gasteiger partial charge in [-0.25, -0.2) is 4.79 Å². The first-order valence-electron chi connectivity index (χ1n) is 10.4. The van der Waals surface area contributed by atoms with Crippen molar-refractivity contribution in [2.75, 3.05) is 24.6 Å². The number of anilines is 1. The van der Waals surface area contributed by atoms with Crippen molar-refractivity contribution in [3.05, 3.63) is 70.1 Å². The van der Waals surface area contributed by atoms with E-state index in [9.17, 15) is 23.1 Å². The van der Waals surface area contributed by atoms with Gasteiger partial charge in [-0.05, 0) is 55.3 Å². The molecule has 1 saturated heterocycles. The van der Waals surface area contributed by atoms with Crippen molar-refractivity contribution < 1.29 is 27.4 Å². The smallest absolute Gasteiger partial charge is 0.417 e. The van der Waals surface area contributed by atoms with Gasteiger partial charge in [-0.15, -0.1) is 0 Å². The first-order valence-corrected chi connectivity index (χ1v) is 10.4. The molecule has 4 rings (SSSR count). The molecule has 1 aromatic heterocycles. The number of nitrogens with zero attached hydrogens (tertiary/aromatic N) is 2. The van der Waals surface area contributed by atoms with Crippen molar-refractivity contribution >= 4 is 16.7 Å². The van der Waals surface area contributed by atoms with Gasteiger partial charge in [0.1, 0.15) is 11.3 Å². The van der Waals surface area contributed by atoms with Gasteiger partial charge in [0.15, 0.2) is 0 Å². The highest BCUT2D eigenvalue weighted by Crippen LogP contribution is 2.36. The van der Waals surface area contributed by atoms with Crippen LogP contribution < -0.4 is 15.3 Å². The third-order valence-corrected chi connectivity index (χ3v) is 5.92. The van der Waals surface area contributed by atoms with E-state index in [4.69, 9.17) is 14.4 Å². The third-order valence-electron chi connectivity index (χ3n) is 5.92. The lowest BCUT2D eigenvalue weighted by Gasteiger charge is -2.39. The first-order chi connectivity index (χ1) is 15.7. The SMILES string of the molecule is N#Cc1ccc(N2CCC(O)(CCOc3ccc4oc(=O)ccc4c3)CC2)cc1C(F)(F)F. The first kappa shape index (κ1) is 22.7. The Kier molecular flexibility index (Phi) is 6.04. The van der Waals surface area contributed by atoms with Gasteiger partial charge >= 0.3 is 11.8 Å². The Morgan fingerprint density at radius 1 is 1.12 bits per heavy atom. The molecular formula is C24H21F3N2O4. The zero-order valence-electron chi connectivity index (χ0n) is 17.6. The minimum absolute atomic E-state index is 0.258. The number of halogens is 3. The number of ether oxygens (including phenoxy) is 1. The average molecular weight is 458 g/mol. The zero-order valence-corrected chi connectivity index (χ0v) is 17.6. The molecule has 0 radical (unpaired) electrons. The summed E-state index contributed by atoms with van der Waals surface area (Å²) in [5.41, 5.74) is -1.95. The molecule has 1 fully saturated rings. The largest absolute Gasteiger partial charge is 0.493 e. The Labute approximate surface area is 187 Å². The maximum absolute atomic E-state index is 13.2. The van der Waals surface area contributed by atoms with E-state index >= 15 is 0 Å². The van der Waals surface area contributed by atoms with Crippen LogP contribution in [0.25, 0.3) is 11.0 Å². The number of rotatable bonds is 5. The van der Waals surface area contributed by atoms with Crippen LogP contribution in [0.1, 0.15) is 30.4 Å². The summed E-state index contributed by atoms with van der Waals surface area (Å²) in [5.74, 6) is 0.578. The Morgan fingerprint density at radius 3 is 2.58 bits per heavy atom. The highest BCUT2D eigenvalue weighted by Gasteiger charge is 2.36. The molecular weight excluding hydrogens is 437 g/mol. The van der Waals surface area contributed by atoms with Crippen LogP contribution in [-0.4, -0.2) is 30.4 Å². The van der Waals surface area contributed by atoms with Gasteiger partial charge in [-0.2, -0.15) is 18.4 Å². The van der Waals surface area contributed by atoms with Gasteiger partial charge in [0, 0.05) is 36.7 Å². The monoisotopic (exact) mass is 458 g/mol. The molecule has 0 amide bonds. The topological polar surface area (TPSA) is 86.7 Å². The van der Waals surface area contributed by atoms with Crippen LogP contribution in [0.5, 0.6) is 5.75 Å². The Balaban J connectivity index is 1.35. The number of nitriles is 1. The van der Waals surface area contributed by atoms with Crippen LogP contribution >= 0.6 is 0 Å². The molecule has 0 spiro atoms. The predicted octanol–water partition coefficient (Wildman–Crippen LogP) is 4.48. The lowest BCUT2D eigenvalue weighted by Crippen LogP contribution is -2.45. The van der Waals surface area contributed by atoms with E-state index in [1.165, 1.54) is 18.2 Å². The van der Waals surface area contributed by atoms with Gasteiger partial charge < -0.3 is 19.2 Å². The lowest BCUT2D eigenvalue weighted by atomic mass is 9.88. The summed E-state index contributed by atoms with van der Waals surface area (Å²) in [4.78, 5) is 13.0. The molecule has 0 atom stereocenters. The summed E-state index contributed by atoms with van der Waals surface area (Å²) >= 11 is 0. The summed E-state index contributed by atoms with van der Waals surface area (Å²) in [6.07, 6.45) is -3.49. The molecule has 2 aromatic carbocycles. The van der Waals surface area contributed by atoms with Crippen molar-refractivity contribution in [2.45, 2.75) is 31.0 Å². The number of benzene rings is 2. The highest BCUT2D eigenvalue weighted by molar-refractivity contribution is 5.77. The fourth-order valence-electron chi connectivity index (χ4n) is 3.99. The van der Waals surface area contributed by atoms with Gasteiger partial charge in [-0.3, -0.25) is 0 Å². The summed E-state index contributed by atoms with van der Waals surface area (Å²) in [6.45, 7) is 1.03. The summed E-state index contributed by atoms with van der Waals surface area (Å²) in [5, 5.41) is 20.6. The Bertz CT molecular complexity index is 1260. The van der Waals surface area contributed by atoms with Crippen molar-refractivity contribution in [2.24, 2.45) is 0 Å². The van der Waals surface area contributed by atoms with Crippen molar-refractivity contribution in [1.29, 1.82) is 5.26 Å². The Hall–Kier alpha value is -3.51. The minimum Gasteiger partial charge on any atom is -0.493 e. The number of alkyl halides is 3. The van der Waals surface area contributed by atoms with Crippen LogP contribution in [0.4, 0.5) is 18.9 Å². The second-order valence-electron chi connectivity index (χ2n) is 8.10. The average Bonchev–Trinajstić information content (AvgIpc) is 2.78. The van der Waals surface area contributed by atoms with E-state index in [-0.39, 0.29) is 6.61 Å². The van der Waals surface area contributed by atoms with Gasteiger partial charge in [0.05, 0.1) is 29.4 Å². The predicted molar refractivity (Wildman–Crippen MR) is 115 cm³/mol. The van der Waals surface area contributed by atoms with E-state index < -0.39 is 28.5 Å². The lowest BCUT2D eigenvalue weighted by molar-refractivity contribution is -0.137. The molecule has 0 saturated carbocycles. The van der Waals surface area contributed by atoms with E-state index in [2.05, 4.69) is 0 Å². The number of fused-ring (bicyclic) bond motifs is 1. The fourth-order valence-corrected chi connectivity index (χ4v) is 3.99. The van der Waals surface area contributed by atoms with Gasteiger partial charge in [0.25, 0.3) is 0 Å². The molecule has 1 N–H and O–H groups in total. The van der Waals surface area contributed by atoms with E-state index in [1.54, 1.807) is 35.2 Å². The maximum atomic E-state index is 13.2. The van der Waals surface area contributed by atoms with E-state index in [1.807, 2.05) is 0 Å². The molecule has 9 heteroatoms. The minimum atomic E-state index is -4.61. The fraction of sp³-hybridized carbons (Fsp3) is 0.333. The highest BCUT2D eigenvalue weighted by atomic mass is 19.4. The number of piperidine rings is 1. The molecule has 0 bridgehead atoms. The molecule has 172 valence electrons. The van der Waals surface area contributed by atoms with Gasteiger partial charge in [0.2, 0.25) is 0 Å². The molecule has 0 aliphatic carbocycles. The molecule has 3 aromatic rings. The standard InChI is InChI=1S/C24H21F3N2O4/c25-24(26,27)20-14-18(3-1-17(20)15-28)29-10-7-23(31,8-11-29)9-12-32-19-4-5-21-16(13-19)2-6-22(30)33-21/h1-6,13-14,31H,7-12H2. The number of aliphatic hydroxyl groups is 1. The normalized spacial score (nSPS) is 15.9. The van der Waals surface area contributed by atoms with Gasteiger partial charge in [-0.1, -0.05) is 0 Å². The summed E-state index contributed by atoms with van der Waals surface area (Å²) in [7, 11) is 0. The number of hydrogen-bond acceptors (Lipinski definition) is 6. The quantitative estimate of drug-likeness (QED) is 0.568. The van der Waals surface area contributed by atoms with E-state index in [0.29, 0.717) is 49.4 Å². The Morgan fingerprint density at radius 2 is 1.88 bits per heavy atom. The third kappa shape index (κ3) is 5.12.